The summed E-state index contributed by atoms with van der Waals surface area (Å²) in [5.74, 6) is -1.37. The molecule has 0 rings (SSSR count). The first-order chi connectivity index (χ1) is 9.73. The molecule has 0 saturated heterocycles. The molecule has 0 aromatic rings. The summed E-state index contributed by atoms with van der Waals surface area (Å²) in [6.07, 6.45) is 1.37. The minimum Gasteiger partial charge on any atom is -0.481 e. The third kappa shape index (κ3) is 12.9. The zero-order valence-electron chi connectivity index (χ0n) is 12.6. The van der Waals surface area contributed by atoms with Crippen LogP contribution in [0.2, 0.25) is 0 Å². The molecule has 21 heavy (non-hydrogen) atoms. The normalized spacial score (nSPS) is 11.0. The molecule has 0 unspecified atom stereocenters. The van der Waals surface area contributed by atoms with E-state index in [2.05, 4.69) is 10.6 Å². The molecule has 3 amide bonds. The highest BCUT2D eigenvalue weighted by atomic mass is 16.5. The van der Waals surface area contributed by atoms with Gasteiger partial charge in [0.2, 0.25) is 5.91 Å². The number of nitrogens with two attached hydrogens (primary N) is 1. The molecule has 0 aromatic carbocycles. The summed E-state index contributed by atoms with van der Waals surface area (Å²) in [6.45, 7) is 4.71. The lowest BCUT2D eigenvalue weighted by atomic mass is 9.84. The second-order valence-electron chi connectivity index (χ2n) is 5.51. The maximum absolute atomic E-state index is 11.4. The largest absolute Gasteiger partial charge is 0.481 e. The van der Waals surface area contributed by atoms with Crippen molar-refractivity contribution in [2.45, 2.75) is 33.1 Å². The first-order valence-corrected chi connectivity index (χ1v) is 6.82. The lowest BCUT2D eigenvalue weighted by Gasteiger charge is -2.23. The molecule has 5 N–H and O–H groups in total. The highest BCUT2D eigenvalue weighted by Crippen LogP contribution is 2.25. The number of rotatable bonds is 11. The number of urea groups is 1. The number of carboxylic acid groups (broad SMARTS) is 1. The van der Waals surface area contributed by atoms with Gasteiger partial charge in [-0.15, -0.1) is 0 Å². The SMILES string of the molecule is CC(C)(CCNC(=O)NCCOCC(N)=O)CCC(=O)O. The van der Waals surface area contributed by atoms with Crippen molar-refractivity contribution in [1.29, 1.82) is 0 Å². The number of amides is 3. The van der Waals surface area contributed by atoms with Crippen LogP contribution in [0.5, 0.6) is 0 Å². The van der Waals surface area contributed by atoms with Crippen LogP contribution < -0.4 is 16.4 Å². The second kappa shape index (κ2) is 9.98. The molecule has 0 aliphatic carbocycles. The number of nitrogens with one attached hydrogen (secondary N) is 2. The zero-order valence-corrected chi connectivity index (χ0v) is 12.6. The van der Waals surface area contributed by atoms with Crippen molar-refractivity contribution >= 4 is 17.9 Å². The van der Waals surface area contributed by atoms with Crippen LogP contribution in [-0.4, -0.2) is 49.3 Å². The quantitative estimate of drug-likeness (QED) is 0.401. The van der Waals surface area contributed by atoms with Crippen LogP contribution in [0, 0.1) is 5.41 Å². The molecule has 0 bridgehead atoms. The van der Waals surface area contributed by atoms with E-state index in [1.54, 1.807) is 0 Å². The molecule has 8 heteroatoms. The van der Waals surface area contributed by atoms with Crippen LogP contribution in [0.3, 0.4) is 0 Å². The Morgan fingerprint density at radius 1 is 1.14 bits per heavy atom. The number of hydrogen-bond acceptors (Lipinski definition) is 4. The number of primary amides is 1. The Labute approximate surface area is 124 Å². The molecule has 8 nitrogen and oxygen atoms in total. The fourth-order valence-electron chi connectivity index (χ4n) is 1.56. The predicted octanol–water partition coefficient (Wildman–Crippen LogP) is 0.0686. The van der Waals surface area contributed by atoms with Gasteiger partial charge in [0.1, 0.15) is 6.61 Å². The van der Waals surface area contributed by atoms with Crippen molar-refractivity contribution in [3.8, 4) is 0 Å². The zero-order chi connectivity index (χ0) is 16.3. The molecule has 0 spiro atoms. The number of hydrogen-bond donors (Lipinski definition) is 4. The number of carbonyl (C=O) groups excluding carboxylic acids is 2. The van der Waals surface area contributed by atoms with E-state index < -0.39 is 11.9 Å². The van der Waals surface area contributed by atoms with Gasteiger partial charge in [0.05, 0.1) is 6.61 Å². The lowest BCUT2D eigenvalue weighted by molar-refractivity contribution is -0.137. The smallest absolute Gasteiger partial charge is 0.314 e. The van der Waals surface area contributed by atoms with Crippen LogP contribution >= 0.6 is 0 Å². The molecule has 0 fully saturated rings. The monoisotopic (exact) mass is 303 g/mol. The number of aliphatic carboxylic acids is 1. The van der Waals surface area contributed by atoms with Crippen molar-refractivity contribution in [2.75, 3.05) is 26.3 Å². The third-order valence-corrected chi connectivity index (χ3v) is 2.88. The Morgan fingerprint density at radius 3 is 2.33 bits per heavy atom. The summed E-state index contributed by atoms with van der Waals surface area (Å²) in [6, 6.07) is -0.327. The van der Waals surface area contributed by atoms with Crippen LogP contribution in [-0.2, 0) is 14.3 Å². The van der Waals surface area contributed by atoms with Gasteiger partial charge < -0.3 is 26.2 Å². The summed E-state index contributed by atoms with van der Waals surface area (Å²) in [4.78, 5) is 32.3. The molecular weight excluding hydrogens is 278 g/mol. The molecular formula is C13H25N3O5. The van der Waals surface area contributed by atoms with Gasteiger partial charge in [-0.25, -0.2) is 4.79 Å². The molecule has 0 saturated carbocycles. The van der Waals surface area contributed by atoms with Gasteiger partial charge in [0, 0.05) is 19.5 Å². The fourth-order valence-corrected chi connectivity index (χ4v) is 1.56. The second-order valence-corrected chi connectivity index (χ2v) is 5.51. The van der Waals surface area contributed by atoms with E-state index in [0.717, 1.165) is 0 Å². The molecule has 122 valence electrons. The first-order valence-electron chi connectivity index (χ1n) is 6.82. The minimum atomic E-state index is -0.815. The molecule has 0 aliphatic heterocycles. The summed E-state index contributed by atoms with van der Waals surface area (Å²) in [5, 5.41) is 13.9. The van der Waals surface area contributed by atoms with Gasteiger partial charge in [0.25, 0.3) is 0 Å². The minimum absolute atomic E-state index is 0.121. The standard InChI is InChI=1S/C13H25N3O5/c1-13(2,4-3-11(18)19)5-6-15-12(20)16-7-8-21-9-10(14)17/h3-9H2,1-2H3,(H2,14,17)(H,18,19)(H2,15,16,20). The maximum atomic E-state index is 11.4. The van der Waals surface area contributed by atoms with Crippen LogP contribution in [0.4, 0.5) is 4.79 Å². The topological polar surface area (TPSA) is 131 Å². The third-order valence-electron chi connectivity index (χ3n) is 2.88. The van der Waals surface area contributed by atoms with Crippen molar-refractivity contribution in [2.24, 2.45) is 11.1 Å². The van der Waals surface area contributed by atoms with Gasteiger partial charge in [0.15, 0.2) is 0 Å². The predicted molar refractivity (Wildman–Crippen MR) is 76.7 cm³/mol. The Kier molecular flexibility index (Phi) is 9.11. The van der Waals surface area contributed by atoms with E-state index in [9.17, 15) is 14.4 Å². The molecule has 0 aromatic heterocycles. The molecule has 0 radical (unpaired) electrons. The van der Waals surface area contributed by atoms with Crippen LogP contribution in [0.1, 0.15) is 33.1 Å². The van der Waals surface area contributed by atoms with Gasteiger partial charge in [-0.05, 0) is 18.3 Å². The van der Waals surface area contributed by atoms with Crippen LogP contribution in [0.15, 0.2) is 0 Å². The first kappa shape index (κ1) is 19.2. The summed E-state index contributed by atoms with van der Waals surface area (Å²) in [5.41, 5.74) is 4.74. The average Bonchev–Trinajstić information content (AvgIpc) is 2.35. The molecule has 0 atom stereocenters. The van der Waals surface area contributed by atoms with E-state index >= 15 is 0 Å². The number of carbonyl (C=O) groups is 3. The number of ether oxygens (including phenoxy) is 1. The van der Waals surface area contributed by atoms with Crippen molar-refractivity contribution in [1.82, 2.24) is 10.6 Å². The Balaban J connectivity index is 3.64. The van der Waals surface area contributed by atoms with Crippen LogP contribution in [0.25, 0.3) is 0 Å². The van der Waals surface area contributed by atoms with E-state index in [4.69, 9.17) is 15.6 Å². The summed E-state index contributed by atoms with van der Waals surface area (Å²) >= 11 is 0. The molecule has 0 aliphatic rings. The average molecular weight is 303 g/mol. The maximum Gasteiger partial charge on any atom is 0.314 e. The Bertz CT molecular complexity index is 358. The number of carboxylic acids is 1. The van der Waals surface area contributed by atoms with Gasteiger partial charge >= 0.3 is 12.0 Å². The van der Waals surface area contributed by atoms with E-state index in [1.807, 2.05) is 13.8 Å². The fraction of sp³-hybridized carbons (Fsp3) is 0.769. The van der Waals surface area contributed by atoms with E-state index in [0.29, 0.717) is 19.4 Å². The van der Waals surface area contributed by atoms with Crippen molar-refractivity contribution in [3.63, 3.8) is 0 Å². The Hall–Kier alpha value is -1.83. The highest BCUT2D eigenvalue weighted by molar-refractivity contribution is 5.75. The lowest BCUT2D eigenvalue weighted by Crippen LogP contribution is -2.39. The van der Waals surface area contributed by atoms with Crippen molar-refractivity contribution in [3.05, 3.63) is 0 Å². The highest BCUT2D eigenvalue weighted by Gasteiger charge is 2.19. The summed E-state index contributed by atoms with van der Waals surface area (Å²) < 4.78 is 4.89. The molecule has 0 heterocycles. The van der Waals surface area contributed by atoms with Gasteiger partial charge in [-0.1, -0.05) is 13.8 Å². The van der Waals surface area contributed by atoms with E-state index in [1.165, 1.54) is 0 Å². The van der Waals surface area contributed by atoms with Gasteiger partial charge in [-0.3, -0.25) is 9.59 Å². The Morgan fingerprint density at radius 2 is 1.76 bits per heavy atom. The van der Waals surface area contributed by atoms with E-state index in [-0.39, 0.29) is 37.6 Å². The van der Waals surface area contributed by atoms with Crippen molar-refractivity contribution < 1.29 is 24.2 Å². The summed E-state index contributed by atoms with van der Waals surface area (Å²) in [7, 11) is 0. The van der Waals surface area contributed by atoms with Gasteiger partial charge in [-0.2, -0.15) is 0 Å².